The molecule has 4 aliphatic carbocycles. The third kappa shape index (κ3) is 2.10. The molecule has 0 aliphatic heterocycles. The number of carboxylic acids is 1. The van der Waals surface area contributed by atoms with Gasteiger partial charge in [-0.15, -0.1) is 0 Å². The molecule has 2 bridgehead atoms. The van der Waals surface area contributed by atoms with Crippen LogP contribution in [-0.2, 0) is 9.59 Å². The van der Waals surface area contributed by atoms with Crippen LogP contribution in [0, 0.1) is 35.5 Å². The van der Waals surface area contributed by atoms with Gasteiger partial charge in [0.05, 0.1) is 11.8 Å². The highest BCUT2D eigenvalue weighted by molar-refractivity contribution is 9.10. The first-order valence-corrected chi connectivity index (χ1v) is 8.33. The Bertz CT molecular complexity index is 686. The smallest absolute Gasteiger partial charge is 0.307 e. The van der Waals surface area contributed by atoms with Crippen molar-refractivity contribution in [2.24, 2.45) is 35.5 Å². The number of amides is 1. The summed E-state index contributed by atoms with van der Waals surface area (Å²) in [5.74, 6) is -1.00. The number of fused-ring (bicyclic) bond motifs is 1. The predicted molar refractivity (Wildman–Crippen MR) is 85.1 cm³/mol. The van der Waals surface area contributed by atoms with Crippen LogP contribution in [0.3, 0.4) is 0 Å². The van der Waals surface area contributed by atoms with Gasteiger partial charge in [0.15, 0.2) is 0 Å². The number of hydrogen-bond acceptors (Lipinski definition) is 2. The molecule has 114 valence electrons. The Morgan fingerprint density at radius 3 is 2.45 bits per heavy atom. The van der Waals surface area contributed by atoms with E-state index in [0.29, 0.717) is 17.5 Å². The van der Waals surface area contributed by atoms with Gasteiger partial charge in [-0.1, -0.05) is 34.1 Å². The lowest BCUT2D eigenvalue weighted by Crippen LogP contribution is -2.48. The van der Waals surface area contributed by atoms with Gasteiger partial charge >= 0.3 is 5.97 Å². The molecule has 4 nitrogen and oxygen atoms in total. The predicted octanol–water partition coefficient (Wildman–Crippen LogP) is 3.16. The van der Waals surface area contributed by atoms with Crippen LogP contribution in [0.25, 0.3) is 0 Å². The molecule has 6 atom stereocenters. The van der Waals surface area contributed by atoms with Crippen molar-refractivity contribution in [1.29, 1.82) is 0 Å². The minimum atomic E-state index is -0.848. The topological polar surface area (TPSA) is 66.4 Å². The summed E-state index contributed by atoms with van der Waals surface area (Å²) in [5.41, 5.74) is 0.696. The molecular formula is C17H16BrNO3. The number of carboxylic acid groups (broad SMARTS) is 1. The minimum absolute atomic E-state index is 0.0192. The Kier molecular flexibility index (Phi) is 3.15. The maximum Gasteiger partial charge on any atom is 0.307 e. The maximum atomic E-state index is 12.7. The fourth-order valence-corrected chi connectivity index (χ4v) is 4.76. The molecule has 5 heteroatoms. The molecule has 22 heavy (non-hydrogen) atoms. The first-order valence-electron chi connectivity index (χ1n) is 7.54. The van der Waals surface area contributed by atoms with Crippen molar-refractivity contribution in [2.45, 2.75) is 6.42 Å². The highest BCUT2D eigenvalue weighted by atomic mass is 79.9. The molecule has 1 aromatic carbocycles. The quantitative estimate of drug-likeness (QED) is 0.812. The Balaban J connectivity index is 1.61. The van der Waals surface area contributed by atoms with E-state index < -0.39 is 17.8 Å². The molecule has 2 N–H and O–H groups in total. The Labute approximate surface area is 136 Å². The van der Waals surface area contributed by atoms with Crippen LogP contribution in [0.4, 0.5) is 5.69 Å². The minimum Gasteiger partial charge on any atom is -0.481 e. The van der Waals surface area contributed by atoms with Crippen molar-refractivity contribution in [3.05, 3.63) is 40.9 Å². The number of carbonyl (C=O) groups excluding carboxylic acids is 1. The van der Waals surface area contributed by atoms with E-state index in [1.807, 2.05) is 30.3 Å². The average molecular weight is 362 g/mol. The Morgan fingerprint density at radius 1 is 1.14 bits per heavy atom. The summed E-state index contributed by atoms with van der Waals surface area (Å²) in [6.07, 6.45) is 5.16. The van der Waals surface area contributed by atoms with Crippen LogP contribution in [0.15, 0.2) is 40.9 Å². The van der Waals surface area contributed by atoms with Crippen molar-refractivity contribution in [2.75, 3.05) is 5.32 Å². The SMILES string of the molecule is O=C(O)C1C2C=CC(C3CC23)C1C(=O)Nc1cccc(Br)c1. The monoisotopic (exact) mass is 361 g/mol. The first kappa shape index (κ1) is 14.0. The van der Waals surface area contributed by atoms with Crippen molar-refractivity contribution in [1.82, 2.24) is 0 Å². The third-order valence-electron chi connectivity index (χ3n) is 5.33. The summed E-state index contributed by atoms with van der Waals surface area (Å²) in [5, 5.41) is 12.5. The highest BCUT2D eigenvalue weighted by Crippen LogP contribution is 2.63. The van der Waals surface area contributed by atoms with E-state index in [1.165, 1.54) is 0 Å². The fourth-order valence-electron chi connectivity index (χ4n) is 4.36. The molecule has 2 fully saturated rings. The lowest BCUT2D eigenvalue weighted by molar-refractivity contribution is -0.152. The van der Waals surface area contributed by atoms with Gasteiger partial charge in [0.2, 0.25) is 5.91 Å². The Hall–Kier alpha value is -1.62. The van der Waals surface area contributed by atoms with E-state index in [-0.39, 0.29) is 17.7 Å². The highest BCUT2D eigenvalue weighted by Gasteiger charge is 2.62. The summed E-state index contributed by atoms with van der Waals surface area (Å²) in [4.78, 5) is 24.4. The molecule has 6 unspecified atom stereocenters. The molecule has 0 saturated heterocycles. The number of halogens is 1. The lowest BCUT2D eigenvalue weighted by atomic mass is 9.62. The molecular weight excluding hydrogens is 346 g/mol. The van der Waals surface area contributed by atoms with Crippen LogP contribution in [0.1, 0.15) is 6.42 Å². The lowest BCUT2D eigenvalue weighted by Gasteiger charge is -2.41. The summed E-state index contributed by atoms with van der Waals surface area (Å²) in [7, 11) is 0. The zero-order chi connectivity index (χ0) is 15.4. The number of benzene rings is 1. The number of rotatable bonds is 3. The van der Waals surface area contributed by atoms with E-state index >= 15 is 0 Å². The number of carbonyl (C=O) groups is 2. The molecule has 5 rings (SSSR count). The fraction of sp³-hybridized carbons (Fsp3) is 0.412. The number of anilines is 1. The molecule has 1 aromatic rings. The standard InChI is InChI=1S/C17H16BrNO3/c18-8-2-1-3-9(6-8)19-16(20)14-10-4-5-11(13-7-12(10)13)15(14)17(21)22/h1-6,10-15H,7H2,(H,19,20)(H,21,22). The van der Waals surface area contributed by atoms with Crippen LogP contribution in [-0.4, -0.2) is 17.0 Å². The third-order valence-corrected chi connectivity index (χ3v) is 5.83. The molecule has 0 heterocycles. The van der Waals surface area contributed by atoms with Gasteiger partial charge in [0.25, 0.3) is 0 Å². The van der Waals surface area contributed by atoms with E-state index in [1.54, 1.807) is 0 Å². The van der Waals surface area contributed by atoms with Gasteiger partial charge in [-0.25, -0.2) is 0 Å². The second kappa shape index (κ2) is 4.95. The van der Waals surface area contributed by atoms with Crippen LogP contribution in [0.5, 0.6) is 0 Å². The molecule has 0 spiro atoms. The van der Waals surface area contributed by atoms with Gasteiger partial charge < -0.3 is 10.4 Å². The van der Waals surface area contributed by atoms with Gasteiger partial charge in [-0.3, -0.25) is 9.59 Å². The van der Waals surface area contributed by atoms with Crippen LogP contribution in [0.2, 0.25) is 0 Å². The number of hydrogen-bond donors (Lipinski definition) is 2. The van der Waals surface area contributed by atoms with E-state index in [2.05, 4.69) is 27.3 Å². The van der Waals surface area contributed by atoms with E-state index in [4.69, 9.17) is 0 Å². The maximum absolute atomic E-state index is 12.7. The average Bonchev–Trinajstić information content (AvgIpc) is 3.28. The van der Waals surface area contributed by atoms with Crippen molar-refractivity contribution in [3.8, 4) is 0 Å². The summed E-state index contributed by atoms with van der Waals surface area (Å²) in [6.45, 7) is 0. The molecule has 2 saturated carbocycles. The van der Waals surface area contributed by atoms with Gasteiger partial charge in [-0.2, -0.15) is 0 Å². The second-order valence-electron chi connectivity index (χ2n) is 6.49. The summed E-state index contributed by atoms with van der Waals surface area (Å²) >= 11 is 3.38. The molecule has 0 radical (unpaired) electrons. The zero-order valence-electron chi connectivity index (χ0n) is 11.8. The van der Waals surface area contributed by atoms with Crippen molar-refractivity contribution < 1.29 is 14.7 Å². The van der Waals surface area contributed by atoms with Gasteiger partial charge in [-0.05, 0) is 48.3 Å². The largest absolute Gasteiger partial charge is 0.481 e. The molecule has 0 aromatic heterocycles. The van der Waals surface area contributed by atoms with Gasteiger partial charge in [0, 0.05) is 10.2 Å². The molecule has 4 aliphatic rings. The summed E-state index contributed by atoms with van der Waals surface area (Å²) < 4.78 is 0.882. The zero-order valence-corrected chi connectivity index (χ0v) is 13.4. The van der Waals surface area contributed by atoms with Gasteiger partial charge in [0.1, 0.15) is 0 Å². The molecule has 1 amide bonds. The van der Waals surface area contributed by atoms with Crippen LogP contribution >= 0.6 is 15.9 Å². The van der Waals surface area contributed by atoms with Crippen molar-refractivity contribution >= 4 is 33.5 Å². The number of allylic oxidation sites excluding steroid dienone is 2. The number of nitrogens with one attached hydrogen (secondary N) is 1. The van der Waals surface area contributed by atoms with Crippen molar-refractivity contribution in [3.63, 3.8) is 0 Å². The van der Waals surface area contributed by atoms with E-state index in [9.17, 15) is 14.7 Å². The Morgan fingerprint density at radius 2 is 1.82 bits per heavy atom. The van der Waals surface area contributed by atoms with Crippen LogP contribution < -0.4 is 5.32 Å². The normalized spacial score (nSPS) is 37.5. The first-order chi connectivity index (χ1) is 10.6. The summed E-state index contributed by atoms with van der Waals surface area (Å²) in [6, 6.07) is 7.37. The number of aliphatic carboxylic acids is 1. The van der Waals surface area contributed by atoms with E-state index in [0.717, 1.165) is 10.9 Å². The second-order valence-corrected chi connectivity index (χ2v) is 7.41.